The second-order valence-electron chi connectivity index (χ2n) is 3.97. The maximum Gasteiger partial charge on any atom is 0.199 e. The van der Waals surface area contributed by atoms with Gasteiger partial charge >= 0.3 is 0 Å². The van der Waals surface area contributed by atoms with Crippen LogP contribution in [0.25, 0.3) is 0 Å². The number of oxazole rings is 1. The SMILES string of the molecule is CNC(C)c1cnc(Cc2ccccc2O)o1. The fourth-order valence-corrected chi connectivity index (χ4v) is 1.57. The first-order valence-electron chi connectivity index (χ1n) is 5.59. The molecule has 1 heterocycles. The fraction of sp³-hybridized carbons (Fsp3) is 0.308. The van der Waals surface area contributed by atoms with Crippen molar-refractivity contribution < 1.29 is 9.52 Å². The number of aromatic hydroxyl groups is 1. The molecule has 0 saturated carbocycles. The lowest BCUT2D eigenvalue weighted by Crippen LogP contribution is -2.11. The van der Waals surface area contributed by atoms with E-state index in [4.69, 9.17) is 4.42 Å². The highest BCUT2D eigenvalue weighted by Crippen LogP contribution is 2.21. The molecular formula is C13H16N2O2. The van der Waals surface area contributed by atoms with Crippen molar-refractivity contribution in [3.8, 4) is 5.75 Å². The second kappa shape index (κ2) is 5.01. The molecule has 4 heteroatoms. The summed E-state index contributed by atoms with van der Waals surface area (Å²) in [5, 5.41) is 12.7. The standard InChI is InChI=1S/C13H16N2O2/c1-9(14-2)12-8-15-13(17-12)7-10-5-3-4-6-11(10)16/h3-6,8-9,14,16H,7H2,1-2H3. The van der Waals surface area contributed by atoms with Gasteiger partial charge in [-0.1, -0.05) is 18.2 Å². The fourth-order valence-electron chi connectivity index (χ4n) is 1.57. The van der Waals surface area contributed by atoms with E-state index in [1.165, 1.54) is 0 Å². The summed E-state index contributed by atoms with van der Waals surface area (Å²) in [6, 6.07) is 7.34. The average Bonchev–Trinajstić information content (AvgIpc) is 2.80. The van der Waals surface area contributed by atoms with E-state index in [1.807, 2.05) is 26.1 Å². The lowest BCUT2D eigenvalue weighted by Gasteiger charge is -2.04. The highest BCUT2D eigenvalue weighted by Gasteiger charge is 2.11. The van der Waals surface area contributed by atoms with Crippen LogP contribution in [0.2, 0.25) is 0 Å². The summed E-state index contributed by atoms with van der Waals surface area (Å²) in [6.45, 7) is 2.00. The summed E-state index contributed by atoms with van der Waals surface area (Å²) in [4.78, 5) is 4.20. The maximum atomic E-state index is 9.65. The Bertz CT molecular complexity index is 494. The van der Waals surface area contributed by atoms with Gasteiger partial charge < -0.3 is 14.8 Å². The molecule has 0 spiro atoms. The Morgan fingerprint density at radius 3 is 2.88 bits per heavy atom. The van der Waals surface area contributed by atoms with E-state index < -0.39 is 0 Å². The van der Waals surface area contributed by atoms with Crippen molar-refractivity contribution >= 4 is 0 Å². The number of phenolic OH excluding ortho intramolecular Hbond substituents is 1. The van der Waals surface area contributed by atoms with Crippen LogP contribution >= 0.6 is 0 Å². The Balaban J connectivity index is 2.14. The zero-order valence-corrected chi connectivity index (χ0v) is 9.97. The van der Waals surface area contributed by atoms with Gasteiger partial charge in [0, 0.05) is 5.56 Å². The Morgan fingerprint density at radius 2 is 2.18 bits per heavy atom. The van der Waals surface area contributed by atoms with Gasteiger partial charge in [0.05, 0.1) is 18.7 Å². The lowest BCUT2D eigenvalue weighted by molar-refractivity contribution is 0.416. The topological polar surface area (TPSA) is 58.3 Å². The van der Waals surface area contributed by atoms with Crippen LogP contribution in [0.1, 0.15) is 30.2 Å². The summed E-state index contributed by atoms with van der Waals surface area (Å²) < 4.78 is 5.61. The third kappa shape index (κ3) is 2.65. The normalized spacial score (nSPS) is 12.6. The predicted octanol–water partition coefficient (Wildman–Crippen LogP) is 2.25. The summed E-state index contributed by atoms with van der Waals surface area (Å²) in [5.41, 5.74) is 0.818. The molecule has 1 aromatic heterocycles. The van der Waals surface area contributed by atoms with Crippen LogP contribution < -0.4 is 5.32 Å². The van der Waals surface area contributed by atoms with E-state index in [9.17, 15) is 5.11 Å². The minimum Gasteiger partial charge on any atom is -0.508 e. The Labute approximate surface area is 100 Å². The van der Waals surface area contributed by atoms with Crippen LogP contribution in [-0.4, -0.2) is 17.1 Å². The molecule has 0 saturated heterocycles. The molecule has 0 bridgehead atoms. The summed E-state index contributed by atoms with van der Waals surface area (Å²) >= 11 is 0. The molecule has 0 amide bonds. The molecule has 4 nitrogen and oxygen atoms in total. The Kier molecular flexibility index (Phi) is 3.44. The Hall–Kier alpha value is -1.81. The van der Waals surface area contributed by atoms with E-state index >= 15 is 0 Å². The van der Waals surface area contributed by atoms with Gasteiger partial charge in [-0.25, -0.2) is 4.98 Å². The molecule has 0 fully saturated rings. The molecule has 0 radical (unpaired) electrons. The number of hydrogen-bond acceptors (Lipinski definition) is 4. The number of aromatic nitrogens is 1. The van der Waals surface area contributed by atoms with Crippen LogP contribution in [0.15, 0.2) is 34.9 Å². The number of nitrogens with one attached hydrogen (secondary N) is 1. The van der Waals surface area contributed by atoms with Crippen molar-refractivity contribution in [1.82, 2.24) is 10.3 Å². The van der Waals surface area contributed by atoms with E-state index in [2.05, 4.69) is 10.3 Å². The third-order valence-corrected chi connectivity index (χ3v) is 2.76. The minimum atomic E-state index is 0.139. The number of rotatable bonds is 4. The van der Waals surface area contributed by atoms with Gasteiger partial charge in [0.15, 0.2) is 5.89 Å². The van der Waals surface area contributed by atoms with Crippen molar-refractivity contribution in [3.05, 3.63) is 47.7 Å². The number of phenols is 1. The molecule has 2 N–H and O–H groups in total. The van der Waals surface area contributed by atoms with E-state index in [1.54, 1.807) is 18.3 Å². The van der Waals surface area contributed by atoms with Gasteiger partial charge in [0.2, 0.25) is 0 Å². The number of para-hydroxylation sites is 1. The van der Waals surface area contributed by atoms with E-state index in [0.29, 0.717) is 12.3 Å². The Morgan fingerprint density at radius 1 is 1.41 bits per heavy atom. The smallest absolute Gasteiger partial charge is 0.199 e. The number of benzene rings is 1. The molecule has 1 atom stereocenters. The number of hydrogen-bond donors (Lipinski definition) is 2. The van der Waals surface area contributed by atoms with Crippen molar-refractivity contribution in [2.24, 2.45) is 0 Å². The first-order valence-corrected chi connectivity index (χ1v) is 5.59. The van der Waals surface area contributed by atoms with Gasteiger partial charge in [0.1, 0.15) is 11.5 Å². The summed E-state index contributed by atoms with van der Waals surface area (Å²) in [6.07, 6.45) is 2.22. The van der Waals surface area contributed by atoms with Crippen molar-refractivity contribution in [1.29, 1.82) is 0 Å². The van der Waals surface area contributed by atoms with Crippen molar-refractivity contribution in [3.63, 3.8) is 0 Å². The minimum absolute atomic E-state index is 0.139. The summed E-state index contributed by atoms with van der Waals surface area (Å²) in [7, 11) is 1.87. The largest absolute Gasteiger partial charge is 0.508 e. The molecule has 2 rings (SSSR count). The zero-order chi connectivity index (χ0) is 12.3. The van der Waals surface area contributed by atoms with Gasteiger partial charge in [-0.3, -0.25) is 0 Å². The van der Waals surface area contributed by atoms with Crippen LogP contribution in [0.4, 0.5) is 0 Å². The third-order valence-electron chi connectivity index (χ3n) is 2.76. The monoisotopic (exact) mass is 232 g/mol. The van der Waals surface area contributed by atoms with Gasteiger partial charge in [-0.15, -0.1) is 0 Å². The average molecular weight is 232 g/mol. The first kappa shape index (κ1) is 11.7. The highest BCUT2D eigenvalue weighted by molar-refractivity contribution is 5.33. The van der Waals surface area contributed by atoms with Crippen LogP contribution in [0, 0.1) is 0 Å². The van der Waals surface area contributed by atoms with Crippen LogP contribution in [0.3, 0.4) is 0 Å². The molecular weight excluding hydrogens is 216 g/mol. The van der Waals surface area contributed by atoms with E-state index in [-0.39, 0.29) is 11.8 Å². The molecule has 0 aliphatic rings. The quantitative estimate of drug-likeness (QED) is 0.848. The second-order valence-corrected chi connectivity index (χ2v) is 3.97. The van der Waals surface area contributed by atoms with Crippen molar-refractivity contribution in [2.45, 2.75) is 19.4 Å². The zero-order valence-electron chi connectivity index (χ0n) is 9.97. The molecule has 17 heavy (non-hydrogen) atoms. The van der Waals surface area contributed by atoms with Gasteiger partial charge in [-0.2, -0.15) is 0 Å². The first-order chi connectivity index (χ1) is 8.20. The molecule has 90 valence electrons. The summed E-state index contributed by atoms with van der Waals surface area (Å²) in [5.74, 6) is 1.69. The maximum absolute atomic E-state index is 9.65. The lowest BCUT2D eigenvalue weighted by atomic mass is 10.1. The van der Waals surface area contributed by atoms with Crippen molar-refractivity contribution in [2.75, 3.05) is 7.05 Å². The van der Waals surface area contributed by atoms with Gasteiger partial charge in [0.25, 0.3) is 0 Å². The predicted molar refractivity (Wildman–Crippen MR) is 64.9 cm³/mol. The molecule has 1 unspecified atom stereocenters. The van der Waals surface area contributed by atoms with E-state index in [0.717, 1.165) is 11.3 Å². The number of nitrogens with zero attached hydrogens (tertiary/aromatic N) is 1. The molecule has 1 aromatic carbocycles. The van der Waals surface area contributed by atoms with Crippen LogP contribution in [0.5, 0.6) is 5.75 Å². The van der Waals surface area contributed by atoms with Crippen LogP contribution in [-0.2, 0) is 6.42 Å². The van der Waals surface area contributed by atoms with Gasteiger partial charge in [-0.05, 0) is 20.0 Å². The molecule has 0 aliphatic heterocycles. The molecule has 0 aliphatic carbocycles. The molecule has 2 aromatic rings. The highest BCUT2D eigenvalue weighted by atomic mass is 16.4.